The van der Waals surface area contributed by atoms with Crippen LogP contribution in [0.1, 0.15) is 30.5 Å². The van der Waals surface area contributed by atoms with Gasteiger partial charge in [0.05, 0.1) is 23.4 Å². The van der Waals surface area contributed by atoms with Crippen LogP contribution in [0.5, 0.6) is 5.75 Å². The summed E-state index contributed by atoms with van der Waals surface area (Å²) in [6.07, 6.45) is 3.59. The van der Waals surface area contributed by atoms with E-state index in [0.29, 0.717) is 10.1 Å². The molecule has 0 atom stereocenters. The molecule has 162 valence electrons. The van der Waals surface area contributed by atoms with Crippen molar-refractivity contribution in [3.63, 3.8) is 0 Å². The maximum absolute atomic E-state index is 13.6. The van der Waals surface area contributed by atoms with Gasteiger partial charge in [-0.15, -0.1) is 0 Å². The second-order valence-corrected chi connectivity index (χ2v) is 8.36. The molecule has 0 N–H and O–H groups in total. The highest BCUT2D eigenvalue weighted by molar-refractivity contribution is 8.19. The predicted octanol–water partition coefficient (Wildman–Crippen LogP) is 6.63. The van der Waals surface area contributed by atoms with Gasteiger partial charge in [-0.1, -0.05) is 68.4 Å². The number of hydrogen-bond acceptors (Lipinski definition) is 4. The van der Waals surface area contributed by atoms with Gasteiger partial charge in [0.15, 0.2) is 5.17 Å². The number of amidine groups is 1. The minimum Gasteiger partial charge on any atom is -0.496 e. The monoisotopic (exact) mass is 442 g/mol. The van der Waals surface area contributed by atoms with E-state index in [4.69, 9.17) is 9.73 Å². The van der Waals surface area contributed by atoms with E-state index in [2.05, 4.69) is 26.0 Å². The first-order valence-electron chi connectivity index (χ1n) is 10.8. The van der Waals surface area contributed by atoms with Crippen molar-refractivity contribution in [1.29, 1.82) is 0 Å². The van der Waals surface area contributed by atoms with Crippen molar-refractivity contribution in [1.82, 2.24) is 0 Å². The molecule has 5 heteroatoms. The highest BCUT2D eigenvalue weighted by Crippen LogP contribution is 2.39. The van der Waals surface area contributed by atoms with Crippen molar-refractivity contribution in [3.05, 3.63) is 94.4 Å². The minimum absolute atomic E-state index is 0.0745. The Kier molecular flexibility index (Phi) is 6.76. The number of thioether (sulfide) groups is 1. The van der Waals surface area contributed by atoms with E-state index in [1.54, 1.807) is 12.0 Å². The molecule has 0 spiro atoms. The summed E-state index contributed by atoms with van der Waals surface area (Å²) >= 11 is 1.40. The van der Waals surface area contributed by atoms with Crippen LogP contribution in [0.15, 0.2) is 82.7 Å². The molecule has 4 rings (SSSR count). The SMILES string of the molecule is CCc1ccccc1N=C1S/C(=C\c2ccccc2OC)C(=O)N1c1ccccc1CC. The summed E-state index contributed by atoms with van der Waals surface area (Å²) < 4.78 is 5.48. The summed E-state index contributed by atoms with van der Waals surface area (Å²) in [5, 5.41) is 0.665. The maximum atomic E-state index is 13.6. The Hall–Kier alpha value is -3.31. The topological polar surface area (TPSA) is 41.9 Å². The summed E-state index contributed by atoms with van der Waals surface area (Å²) in [6, 6.07) is 23.8. The molecule has 0 bridgehead atoms. The van der Waals surface area contributed by atoms with Gasteiger partial charge in [0.25, 0.3) is 5.91 Å². The molecule has 3 aromatic carbocycles. The standard InChI is InChI=1S/C27H26N2O2S/c1-4-19-12-6-9-15-22(19)28-27-29(23-16-10-7-13-20(23)5-2)26(30)25(32-27)18-21-14-8-11-17-24(21)31-3/h6-18H,4-5H2,1-3H3/b25-18-,28-27?. The van der Waals surface area contributed by atoms with E-state index in [1.165, 1.54) is 11.8 Å². The Labute approximate surface area is 193 Å². The summed E-state index contributed by atoms with van der Waals surface area (Å²) in [6.45, 7) is 4.21. The van der Waals surface area contributed by atoms with E-state index < -0.39 is 0 Å². The van der Waals surface area contributed by atoms with Crippen LogP contribution < -0.4 is 9.64 Å². The lowest BCUT2D eigenvalue weighted by molar-refractivity contribution is -0.113. The lowest BCUT2D eigenvalue weighted by Gasteiger charge is -2.19. The van der Waals surface area contributed by atoms with E-state index >= 15 is 0 Å². The van der Waals surface area contributed by atoms with Crippen molar-refractivity contribution in [3.8, 4) is 5.75 Å². The number of nitrogens with zero attached hydrogens (tertiary/aromatic N) is 2. The van der Waals surface area contributed by atoms with Crippen LogP contribution in [0.4, 0.5) is 11.4 Å². The normalized spacial score (nSPS) is 16.2. The van der Waals surface area contributed by atoms with Gasteiger partial charge in [-0.2, -0.15) is 0 Å². The molecule has 1 amide bonds. The van der Waals surface area contributed by atoms with Crippen molar-refractivity contribution in [2.45, 2.75) is 26.7 Å². The Morgan fingerprint density at radius 2 is 1.56 bits per heavy atom. The number of aliphatic imine (C=N–C) groups is 1. The highest BCUT2D eigenvalue weighted by Gasteiger charge is 2.36. The third kappa shape index (κ3) is 4.34. The molecular weight excluding hydrogens is 416 g/mol. The number of carbonyl (C=O) groups is 1. The molecule has 0 aromatic heterocycles. The summed E-state index contributed by atoms with van der Waals surface area (Å²) in [5.41, 5.74) is 4.90. The summed E-state index contributed by atoms with van der Waals surface area (Å²) in [5.74, 6) is 0.658. The molecular formula is C27H26N2O2S. The molecule has 1 heterocycles. The largest absolute Gasteiger partial charge is 0.496 e. The number of carbonyl (C=O) groups excluding carboxylic acids is 1. The molecule has 0 aliphatic carbocycles. The summed E-state index contributed by atoms with van der Waals surface area (Å²) in [7, 11) is 1.64. The van der Waals surface area contributed by atoms with Crippen LogP contribution in [-0.2, 0) is 17.6 Å². The van der Waals surface area contributed by atoms with E-state index in [-0.39, 0.29) is 5.91 Å². The number of rotatable bonds is 6. The fraction of sp³-hybridized carbons (Fsp3) is 0.185. The second kappa shape index (κ2) is 9.88. The average molecular weight is 443 g/mol. The van der Waals surface area contributed by atoms with E-state index in [9.17, 15) is 4.79 Å². The molecule has 32 heavy (non-hydrogen) atoms. The number of benzene rings is 3. The van der Waals surface area contributed by atoms with Crippen molar-refractivity contribution < 1.29 is 9.53 Å². The minimum atomic E-state index is -0.0745. The lowest BCUT2D eigenvalue weighted by Crippen LogP contribution is -2.29. The van der Waals surface area contributed by atoms with Gasteiger partial charge >= 0.3 is 0 Å². The quantitative estimate of drug-likeness (QED) is 0.402. The molecule has 0 unspecified atom stereocenters. The number of amides is 1. The fourth-order valence-electron chi connectivity index (χ4n) is 3.74. The van der Waals surface area contributed by atoms with Crippen LogP contribution in [0, 0.1) is 0 Å². The van der Waals surface area contributed by atoms with Crippen LogP contribution in [0.25, 0.3) is 6.08 Å². The van der Waals surface area contributed by atoms with Gasteiger partial charge in [-0.05, 0) is 60.0 Å². The maximum Gasteiger partial charge on any atom is 0.271 e. The Balaban J connectivity index is 1.85. The second-order valence-electron chi connectivity index (χ2n) is 7.35. The first-order chi connectivity index (χ1) is 15.7. The van der Waals surface area contributed by atoms with Crippen LogP contribution in [-0.4, -0.2) is 18.2 Å². The molecule has 1 fully saturated rings. The smallest absolute Gasteiger partial charge is 0.271 e. The first kappa shape index (κ1) is 21.9. The zero-order valence-electron chi connectivity index (χ0n) is 18.5. The number of methoxy groups -OCH3 is 1. The van der Waals surface area contributed by atoms with Crippen LogP contribution >= 0.6 is 11.8 Å². The highest BCUT2D eigenvalue weighted by atomic mass is 32.2. The van der Waals surface area contributed by atoms with Gasteiger partial charge < -0.3 is 4.74 Å². The van der Waals surface area contributed by atoms with Crippen molar-refractivity contribution in [2.24, 2.45) is 4.99 Å². The molecule has 1 aliphatic heterocycles. The van der Waals surface area contributed by atoms with Gasteiger partial charge in [0.1, 0.15) is 5.75 Å². The van der Waals surface area contributed by atoms with Gasteiger partial charge in [0, 0.05) is 5.56 Å². The summed E-state index contributed by atoms with van der Waals surface area (Å²) in [4.78, 5) is 21.0. The fourth-order valence-corrected chi connectivity index (χ4v) is 4.72. The first-order valence-corrected chi connectivity index (χ1v) is 11.6. The van der Waals surface area contributed by atoms with Crippen molar-refractivity contribution in [2.75, 3.05) is 12.0 Å². The third-order valence-electron chi connectivity index (χ3n) is 5.43. The number of aryl methyl sites for hydroxylation is 2. The van der Waals surface area contributed by atoms with E-state index in [1.807, 2.05) is 66.7 Å². The molecule has 0 saturated carbocycles. The molecule has 1 aliphatic rings. The Morgan fingerprint density at radius 1 is 0.906 bits per heavy atom. The predicted molar refractivity (Wildman–Crippen MR) is 135 cm³/mol. The number of anilines is 1. The molecule has 3 aromatic rings. The molecule has 4 nitrogen and oxygen atoms in total. The Bertz CT molecular complexity index is 1200. The molecule has 0 radical (unpaired) electrons. The zero-order chi connectivity index (χ0) is 22.5. The van der Waals surface area contributed by atoms with Crippen LogP contribution in [0.2, 0.25) is 0 Å². The van der Waals surface area contributed by atoms with Gasteiger partial charge in [0.2, 0.25) is 0 Å². The number of hydrogen-bond donors (Lipinski definition) is 0. The van der Waals surface area contributed by atoms with Gasteiger partial charge in [-0.25, -0.2) is 4.99 Å². The number of para-hydroxylation sites is 3. The van der Waals surface area contributed by atoms with Crippen LogP contribution in [0.3, 0.4) is 0 Å². The number of ether oxygens (including phenoxy) is 1. The third-order valence-corrected chi connectivity index (χ3v) is 6.40. The lowest BCUT2D eigenvalue weighted by atomic mass is 10.1. The molecule has 1 saturated heterocycles. The van der Waals surface area contributed by atoms with Gasteiger partial charge in [-0.3, -0.25) is 9.69 Å². The average Bonchev–Trinajstić information content (AvgIpc) is 3.13. The van der Waals surface area contributed by atoms with E-state index in [0.717, 1.165) is 46.7 Å². The zero-order valence-corrected chi connectivity index (χ0v) is 19.4. The Morgan fingerprint density at radius 3 is 2.31 bits per heavy atom. The van der Waals surface area contributed by atoms with Crippen molar-refractivity contribution >= 4 is 40.3 Å².